The zero-order valence-electron chi connectivity index (χ0n) is 13.4. The van der Waals surface area contributed by atoms with Gasteiger partial charge >= 0.3 is 0 Å². The first-order valence-electron chi connectivity index (χ1n) is 7.46. The van der Waals surface area contributed by atoms with Crippen molar-refractivity contribution in [3.8, 4) is 0 Å². The van der Waals surface area contributed by atoms with E-state index < -0.39 is 34.7 Å². The lowest BCUT2D eigenvalue weighted by Crippen LogP contribution is -2.16. The summed E-state index contributed by atoms with van der Waals surface area (Å²) >= 11 is 1.24. The van der Waals surface area contributed by atoms with Gasteiger partial charge in [0, 0.05) is 11.4 Å². The minimum absolute atomic E-state index is 0.133. The molecule has 2 N–H and O–H groups in total. The lowest BCUT2D eigenvalue weighted by atomic mass is 10.1. The van der Waals surface area contributed by atoms with Gasteiger partial charge in [0.2, 0.25) is 0 Å². The van der Waals surface area contributed by atoms with Gasteiger partial charge in [-0.1, -0.05) is 12.1 Å². The van der Waals surface area contributed by atoms with E-state index in [4.69, 9.17) is 0 Å². The molecule has 3 aromatic rings. The Morgan fingerprint density at radius 3 is 2.07 bits per heavy atom. The van der Waals surface area contributed by atoms with E-state index in [1.165, 1.54) is 29.5 Å². The Morgan fingerprint density at radius 2 is 1.44 bits per heavy atom. The van der Waals surface area contributed by atoms with Crippen LogP contribution in [0.4, 0.5) is 28.9 Å². The molecule has 0 atom stereocenters. The van der Waals surface area contributed by atoms with Crippen LogP contribution in [0.15, 0.2) is 47.8 Å². The minimum Gasteiger partial charge on any atom is -0.322 e. The second-order valence-electron chi connectivity index (χ2n) is 5.31. The van der Waals surface area contributed by atoms with E-state index in [-0.39, 0.29) is 17.7 Å². The molecule has 0 fully saturated rings. The molecule has 0 spiro atoms. The van der Waals surface area contributed by atoms with Crippen LogP contribution in [0.2, 0.25) is 0 Å². The fraction of sp³-hybridized carbons (Fsp3) is 0. The van der Waals surface area contributed by atoms with E-state index in [0.717, 1.165) is 0 Å². The molecule has 2 aromatic carbocycles. The van der Waals surface area contributed by atoms with Crippen molar-refractivity contribution in [2.75, 3.05) is 10.6 Å². The van der Waals surface area contributed by atoms with Crippen molar-refractivity contribution in [1.29, 1.82) is 0 Å². The highest BCUT2D eigenvalue weighted by molar-refractivity contribution is 7.12. The molecule has 0 bridgehead atoms. The zero-order valence-corrected chi connectivity index (χ0v) is 14.2. The number of nitrogens with one attached hydrogen (secondary N) is 2. The summed E-state index contributed by atoms with van der Waals surface area (Å²) in [5.41, 5.74) is -0.518. The Bertz CT molecular complexity index is 1020. The van der Waals surface area contributed by atoms with Crippen LogP contribution in [-0.2, 0) is 0 Å². The van der Waals surface area contributed by atoms with E-state index in [2.05, 4.69) is 10.6 Å². The first-order chi connectivity index (χ1) is 12.9. The van der Waals surface area contributed by atoms with Gasteiger partial charge in [0.15, 0.2) is 23.3 Å². The molecular formula is C18H10F4N2O2S. The van der Waals surface area contributed by atoms with Gasteiger partial charge < -0.3 is 10.6 Å². The number of halogens is 4. The molecule has 0 unspecified atom stereocenters. The molecular weight excluding hydrogens is 384 g/mol. The summed E-state index contributed by atoms with van der Waals surface area (Å²) in [6, 6.07) is 9.47. The number of rotatable bonds is 4. The molecule has 1 heterocycles. The fourth-order valence-corrected chi connectivity index (χ4v) is 2.83. The molecule has 3 rings (SSSR count). The first kappa shape index (κ1) is 18.6. The number of benzene rings is 2. The first-order valence-corrected chi connectivity index (χ1v) is 8.34. The summed E-state index contributed by atoms with van der Waals surface area (Å²) in [5.74, 6) is -9.08. The third-order valence-electron chi connectivity index (χ3n) is 3.47. The van der Waals surface area contributed by atoms with Crippen molar-refractivity contribution in [1.82, 2.24) is 0 Å². The van der Waals surface area contributed by atoms with Crippen LogP contribution in [0.5, 0.6) is 0 Å². The number of amides is 2. The van der Waals surface area contributed by atoms with Crippen LogP contribution in [0.1, 0.15) is 20.0 Å². The summed E-state index contributed by atoms with van der Waals surface area (Å²) < 4.78 is 53.2. The number of carbonyl (C=O) groups is 2. The molecule has 0 aliphatic heterocycles. The van der Waals surface area contributed by atoms with Gasteiger partial charge in [-0.15, -0.1) is 11.3 Å². The highest BCUT2D eigenvalue weighted by atomic mass is 32.1. The highest BCUT2D eigenvalue weighted by Crippen LogP contribution is 2.22. The Hall–Kier alpha value is -3.20. The van der Waals surface area contributed by atoms with Gasteiger partial charge in [-0.2, -0.15) is 0 Å². The topological polar surface area (TPSA) is 58.2 Å². The molecule has 1 aromatic heterocycles. The lowest BCUT2D eigenvalue weighted by Gasteiger charge is -2.10. The number of carbonyl (C=O) groups excluding carboxylic acids is 2. The number of hydrogen-bond donors (Lipinski definition) is 2. The van der Waals surface area contributed by atoms with E-state index in [0.29, 0.717) is 10.6 Å². The Morgan fingerprint density at radius 1 is 0.778 bits per heavy atom. The maximum absolute atomic E-state index is 13.7. The van der Waals surface area contributed by atoms with E-state index in [9.17, 15) is 27.2 Å². The van der Waals surface area contributed by atoms with Crippen molar-refractivity contribution < 1.29 is 27.2 Å². The molecule has 138 valence electrons. The minimum atomic E-state index is -2.07. The summed E-state index contributed by atoms with van der Waals surface area (Å²) in [7, 11) is 0. The monoisotopic (exact) mass is 394 g/mol. The number of anilines is 2. The summed E-state index contributed by atoms with van der Waals surface area (Å²) in [5, 5.41) is 6.59. The summed E-state index contributed by atoms with van der Waals surface area (Å²) in [6.45, 7) is 0. The average molecular weight is 394 g/mol. The van der Waals surface area contributed by atoms with E-state index >= 15 is 0 Å². The average Bonchev–Trinajstić information content (AvgIpc) is 3.18. The van der Waals surface area contributed by atoms with E-state index in [1.54, 1.807) is 23.6 Å². The molecule has 0 aliphatic rings. The summed E-state index contributed by atoms with van der Waals surface area (Å²) in [6.07, 6.45) is 0. The van der Waals surface area contributed by atoms with Crippen molar-refractivity contribution in [2.24, 2.45) is 0 Å². The Balaban J connectivity index is 1.78. The van der Waals surface area contributed by atoms with Crippen LogP contribution < -0.4 is 10.6 Å². The van der Waals surface area contributed by atoms with Gasteiger partial charge in [-0.05, 0) is 35.7 Å². The van der Waals surface area contributed by atoms with Crippen LogP contribution >= 0.6 is 11.3 Å². The van der Waals surface area contributed by atoms with Crippen LogP contribution in [0, 0.1) is 23.3 Å². The maximum Gasteiger partial charge on any atom is 0.265 e. The standard InChI is InChI=1S/C18H10F4N2O2S/c19-12-8-11(14(20)16(22)15(12)21)17(25)23-9-3-1-4-10(7-9)24-18(26)13-5-2-6-27-13/h1-8H,(H,23,25)(H,24,26). The van der Waals surface area contributed by atoms with Gasteiger partial charge in [0.1, 0.15) is 0 Å². The zero-order chi connectivity index (χ0) is 19.6. The number of thiophene rings is 1. The van der Waals surface area contributed by atoms with Crippen molar-refractivity contribution >= 4 is 34.5 Å². The van der Waals surface area contributed by atoms with Crippen LogP contribution in [0.3, 0.4) is 0 Å². The molecule has 0 aliphatic carbocycles. The molecule has 9 heteroatoms. The van der Waals surface area contributed by atoms with Crippen molar-refractivity contribution in [3.05, 3.63) is 81.6 Å². The SMILES string of the molecule is O=C(Nc1cccc(NC(=O)c2cc(F)c(F)c(F)c2F)c1)c1cccs1. The van der Waals surface area contributed by atoms with Gasteiger partial charge in [-0.25, -0.2) is 17.6 Å². The third-order valence-corrected chi connectivity index (χ3v) is 4.34. The molecule has 2 amide bonds. The van der Waals surface area contributed by atoms with Crippen molar-refractivity contribution in [2.45, 2.75) is 0 Å². The third kappa shape index (κ3) is 3.98. The Labute approximate surface area is 154 Å². The second kappa shape index (κ2) is 7.58. The quantitative estimate of drug-likeness (QED) is 0.379. The molecule has 27 heavy (non-hydrogen) atoms. The van der Waals surface area contributed by atoms with Crippen LogP contribution in [0.25, 0.3) is 0 Å². The number of hydrogen-bond acceptors (Lipinski definition) is 3. The largest absolute Gasteiger partial charge is 0.322 e. The summed E-state index contributed by atoms with van der Waals surface area (Å²) in [4.78, 5) is 24.6. The van der Waals surface area contributed by atoms with E-state index in [1.807, 2.05) is 0 Å². The smallest absolute Gasteiger partial charge is 0.265 e. The van der Waals surface area contributed by atoms with Gasteiger partial charge in [-0.3, -0.25) is 9.59 Å². The predicted molar refractivity (Wildman–Crippen MR) is 92.9 cm³/mol. The van der Waals surface area contributed by atoms with Crippen molar-refractivity contribution in [3.63, 3.8) is 0 Å². The Kier molecular flexibility index (Phi) is 5.22. The fourth-order valence-electron chi connectivity index (χ4n) is 2.21. The lowest BCUT2D eigenvalue weighted by molar-refractivity contribution is 0.101. The van der Waals surface area contributed by atoms with Gasteiger partial charge in [0.05, 0.1) is 10.4 Å². The molecule has 0 radical (unpaired) electrons. The normalized spacial score (nSPS) is 10.5. The molecule has 0 saturated heterocycles. The second-order valence-corrected chi connectivity index (χ2v) is 6.26. The molecule has 0 saturated carbocycles. The molecule has 4 nitrogen and oxygen atoms in total. The predicted octanol–water partition coefficient (Wildman–Crippen LogP) is 4.81. The van der Waals surface area contributed by atoms with Gasteiger partial charge in [0.25, 0.3) is 11.8 Å². The highest BCUT2D eigenvalue weighted by Gasteiger charge is 2.23. The maximum atomic E-state index is 13.7. The van der Waals surface area contributed by atoms with Crippen LogP contribution in [-0.4, -0.2) is 11.8 Å².